The molecule has 2 amide bonds. The molecule has 0 bridgehead atoms. The molecule has 0 fully saturated rings. The van der Waals surface area contributed by atoms with Crippen molar-refractivity contribution in [2.45, 2.75) is 50.2 Å². The van der Waals surface area contributed by atoms with Crippen LogP contribution in [-0.4, -0.2) is 43.3 Å². The number of halogens is 3. The van der Waals surface area contributed by atoms with Crippen LogP contribution in [0.4, 0.5) is 5.69 Å². The highest BCUT2D eigenvalue weighted by Gasteiger charge is 2.36. The minimum Gasteiger partial charge on any atom is -0.350 e. The zero-order valence-corrected chi connectivity index (χ0v) is 29.0. The molecule has 0 aliphatic carbocycles. The monoisotopic (exact) mass is 729 g/mol. The summed E-state index contributed by atoms with van der Waals surface area (Å²) in [6.45, 7) is 4.82. The lowest BCUT2D eigenvalue weighted by Gasteiger charge is -2.35. The van der Waals surface area contributed by atoms with E-state index in [-0.39, 0.29) is 23.5 Å². The summed E-state index contributed by atoms with van der Waals surface area (Å²) in [5, 5.41) is 3.63. The van der Waals surface area contributed by atoms with Crippen molar-refractivity contribution >= 4 is 66.7 Å². The summed E-state index contributed by atoms with van der Waals surface area (Å²) in [6.07, 6.45) is 0.166. The Bertz CT molecular complexity index is 1730. The largest absolute Gasteiger partial charge is 0.350 e. The third-order valence-electron chi connectivity index (χ3n) is 6.87. The van der Waals surface area contributed by atoms with Gasteiger partial charge in [-0.3, -0.25) is 13.9 Å². The Morgan fingerprint density at radius 2 is 1.42 bits per heavy atom. The van der Waals surface area contributed by atoms with Gasteiger partial charge in [0, 0.05) is 38.6 Å². The van der Waals surface area contributed by atoms with Crippen molar-refractivity contribution in [1.29, 1.82) is 0 Å². The maximum atomic E-state index is 14.6. The molecule has 0 aliphatic heterocycles. The van der Waals surface area contributed by atoms with Crippen LogP contribution >= 0.6 is 39.1 Å². The number of hydrogen-bond donors (Lipinski definition) is 1. The van der Waals surface area contributed by atoms with Gasteiger partial charge < -0.3 is 10.2 Å². The van der Waals surface area contributed by atoms with E-state index in [1.54, 1.807) is 60.7 Å². The molecule has 0 saturated carbocycles. The average Bonchev–Trinajstić information content (AvgIpc) is 2.99. The summed E-state index contributed by atoms with van der Waals surface area (Å²) in [4.78, 5) is 29.9. The number of carbonyl (C=O) groups excluding carboxylic acids is 2. The number of benzene rings is 4. The molecule has 0 aromatic heterocycles. The molecule has 1 N–H and O–H groups in total. The number of nitrogens with one attached hydrogen (secondary N) is 1. The van der Waals surface area contributed by atoms with E-state index in [4.69, 9.17) is 23.2 Å². The van der Waals surface area contributed by atoms with Crippen molar-refractivity contribution in [3.8, 4) is 0 Å². The van der Waals surface area contributed by atoms with Crippen LogP contribution in [-0.2, 0) is 32.6 Å². The Balaban J connectivity index is 1.85. The van der Waals surface area contributed by atoms with Crippen LogP contribution in [0.5, 0.6) is 0 Å². The molecular formula is C34H34BrCl2N3O4S. The van der Waals surface area contributed by atoms with E-state index in [1.807, 2.05) is 51.1 Å². The lowest BCUT2D eigenvalue weighted by atomic mass is 10.0. The van der Waals surface area contributed by atoms with Crippen molar-refractivity contribution in [2.75, 3.05) is 10.8 Å². The highest BCUT2D eigenvalue weighted by Crippen LogP contribution is 2.30. The van der Waals surface area contributed by atoms with Crippen LogP contribution in [0.1, 0.15) is 31.9 Å². The third-order valence-corrected chi connectivity index (χ3v) is 9.86. The van der Waals surface area contributed by atoms with Gasteiger partial charge in [-0.25, -0.2) is 8.42 Å². The lowest BCUT2D eigenvalue weighted by molar-refractivity contribution is -0.140. The molecule has 0 saturated heterocycles. The lowest BCUT2D eigenvalue weighted by Crippen LogP contribution is -2.56. The quantitative estimate of drug-likeness (QED) is 0.173. The van der Waals surface area contributed by atoms with E-state index in [0.29, 0.717) is 20.1 Å². The summed E-state index contributed by atoms with van der Waals surface area (Å²) in [6, 6.07) is 27.9. The van der Waals surface area contributed by atoms with Crippen LogP contribution in [0.3, 0.4) is 0 Å². The van der Waals surface area contributed by atoms with Crippen molar-refractivity contribution in [2.24, 2.45) is 0 Å². The van der Waals surface area contributed by atoms with Gasteiger partial charge in [-0.2, -0.15) is 0 Å². The molecule has 236 valence electrons. The predicted octanol–water partition coefficient (Wildman–Crippen LogP) is 7.51. The van der Waals surface area contributed by atoms with Crippen molar-refractivity contribution in [3.63, 3.8) is 0 Å². The maximum Gasteiger partial charge on any atom is 0.264 e. The molecule has 0 unspecified atom stereocenters. The summed E-state index contributed by atoms with van der Waals surface area (Å²) in [5.41, 5.74) is 0.920. The van der Waals surface area contributed by atoms with Crippen molar-refractivity contribution in [1.82, 2.24) is 10.2 Å². The highest BCUT2D eigenvalue weighted by atomic mass is 79.9. The van der Waals surface area contributed by atoms with Gasteiger partial charge in [-0.05, 0) is 68.8 Å². The predicted molar refractivity (Wildman–Crippen MR) is 184 cm³/mol. The van der Waals surface area contributed by atoms with Gasteiger partial charge >= 0.3 is 0 Å². The van der Waals surface area contributed by atoms with Gasteiger partial charge in [0.05, 0.1) is 10.6 Å². The van der Waals surface area contributed by atoms with Crippen LogP contribution in [0.2, 0.25) is 10.0 Å². The molecule has 4 aromatic rings. The number of carbonyl (C=O) groups is 2. The molecule has 0 heterocycles. The van der Waals surface area contributed by atoms with E-state index in [2.05, 4.69) is 21.2 Å². The van der Waals surface area contributed by atoms with E-state index >= 15 is 0 Å². The topological polar surface area (TPSA) is 86.8 Å². The Labute approximate surface area is 283 Å². The first-order valence-corrected chi connectivity index (χ1v) is 17.2. The smallest absolute Gasteiger partial charge is 0.264 e. The first kappa shape index (κ1) is 34.5. The maximum absolute atomic E-state index is 14.6. The zero-order valence-electron chi connectivity index (χ0n) is 25.1. The fourth-order valence-corrected chi connectivity index (χ4v) is 7.07. The van der Waals surface area contributed by atoms with Gasteiger partial charge in [0.2, 0.25) is 11.8 Å². The fraction of sp³-hybridized carbons (Fsp3) is 0.235. The van der Waals surface area contributed by atoms with Gasteiger partial charge in [-0.1, -0.05) is 99.8 Å². The molecule has 4 rings (SSSR count). The minimum atomic E-state index is -4.21. The van der Waals surface area contributed by atoms with Crippen molar-refractivity contribution in [3.05, 3.63) is 129 Å². The molecule has 7 nitrogen and oxygen atoms in total. The molecule has 11 heteroatoms. The van der Waals surface area contributed by atoms with E-state index in [1.165, 1.54) is 17.0 Å². The molecule has 4 aromatic carbocycles. The molecule has 1 atom stereocenters. The average molecular weight is 732 g/mol. The number of hydrogen-bond acceptors (Lipinski definition) is 4. The van der Waals surface area contributed by atoms with Crippen molar-refractivity contribution < 1.29 is 18.0 Å². The summed E-state index contributed by atoms with van der Waals surface area (Å²) in [5.74, 6) is -1.02. The summed E-state index contributed by atoms with van der Waals surface area (Å²) < 4.78 is 29.8. The second kappa shape index (κ2) is 14.8. The van der Waals surface area contributed by atoms with Gasteiger partial charge in [0.15, 0.2) is 0 Å². The minimum absolute atomic E-state index is 0.0183. The summed E-state index contributed by atoms with van der Waals surface area (Å²) >= 11 is 16.5. The van der Waals surface area contributed by atoms with E-state index in [0.717, 1.165) is 9.87 Å². The number of amides is 2. The molecule has 0 spiro atoms. The van der Waals surface area contributed by atoms with E-state index < -0.39 is 40.0 Å². The second-order valence-corrected chi connectivity index (χ2v) is 15.1. The number of anilines is 1. The first-order valence-electron chi connectivity index (χ1n) is 14.2. The summed E-state index contributed by atoms with van der Waals surface area (Å²) in [7, 11) is -4.21. The molecule has 0 radical (unpaired) electrons. The standard InChI is InChI=1S/C34H34BrCl2N3O4S/c1-34(2,3)38-33(42)31(20-24-12-6-4-7-13-24)39(22-28-29(36)18-11-19-30(28)37)32(41)23-40(26-15-10-14-25(35)21-26)45(43,44)27-16-8-5-9-17-27/h4-19,21,31H,20,22-23H2,1-3H3,(H,38,42)/t31-/m0/s1. The van der Waals surface area contributed by atoms with E-state index in [9.17, 15) is 18.0 Å². The van der Waals surface area contributed by atoms with Crippen LogP contribution < -0.4 is 9.62 Å². The zero-order chi connectivity index (χ0) is 32.8. The number of nitrogens with zero attached hydrogens (tertiary/aromatic N) is 2. The second-order valence-electron chi connectivity index (χ2n) is 11.5. The Hall–Kier alpha value is -3.37. The van der Waals surface area contributed by atoms with Gasteiger partial charge in [-0.15, -0.1) is 0 Å². The molecule has 45 heavy (non-hydrogen) atoms. The van der Waals surface area contributed by atoms with Crippen LogP contribution in [0.15, 0.2) is 112 Å². The molecular weight excluding hydrogens is 697 g/mol. The molecule has 0 aliphatic rings. The Morgan fingerprint density at radius 1 is 0.844 bits per heavy atom. The van der Waals surface area contributed by atoms with Gasteiger partial charge in [0.25, 0.3) is 10.0 Å². The normalized spacial score (nSPS) is 12.3. The Morgan fingerprint density at radius 3 is 2.00 bits per heavy atom. The SMILES string of the molecule is CC(C)(C)NC(=O)[C@H](Cc1ccccc1)N(Cc1c(Cl)cccc1Cl)C(=O)CN(c1cccc(Br)c1)S(=O)(=O)c1ccccc1. The highest BCUT2D eigenvalue weighted by molar-refractivity contribution is 9.10. The number of rotatable bonds is 11. The third kappa shape index (κ3) is 9.10. The fourth-order valence-electron chi connectivity index (χ4n) is 4.74. The Kier molecular flexibility index (Phi) is 11.4. The van der Waals surface area contributed by atoms with Crippen LogP contribution in [0, 0.1) is 0 Å². The van der Waals surface area contributed by atoms with Crippen LogP contribution in [0.25, 0.3) is 0 Å². The van der Waals surface area contributed by atoms with Gasteiger partial charge in [0.1, 0.15) is 12.6 Å². The number of sulfonamides is 1. The first-order chi connectivity index (χ1) is 21.3.